The Morgan fingerprint density at radius 3 is 2.44 bits per heavy atom. The SMILES string of the molecule is O=C(CN1Cc2ccccc2CC1C(=O)N1CCCC1)Nc1ccc(Cl)c(C(F)(F)F)c1. The average Bonchev–Trinajstić information content (AvgIpc) is 3.28. The molecule has 2 aromatic carbocycles. The van der Waals surface area contributed by atoms with E-state index in [1.807, 2.05) is 29.2 Å². The van der Waals surface area contributed by atoms with Crippen molar-refractivity contribution in [3.8, 4) is 0 Å². The van der Waals surface area contributed by atoms with Gasteiger partial charge in [-0.3, -0.25) is 14.5 Å². The summed E-state index contributed by atoms with van der Waals surface area (Å²) in [6.07, 6.45) is -2.19. The molecule has 1 fully saturated rings. The van der Waals surface area contributed by atoms with Gasteiger partial charge in [0.2, 0.25) is 11.8 Å². The van der Waals surface area contributed by atoms with Crippen LogP contribution in [0.2, 0.25) is 5.02 Å². The lowest BCUT2D eigenvalue weighted by Gasteiger charge is -2.37. The molecule has 1 atom stereocenters. The van der Waals surface area contributed by atoms with Crippen LogP contribution in [0.4, 0.5) is 18.9 Å². The molecule has 0 aliphatic carbocycles. The van der Waals surface area contributed by atoms with E-state index in [1.54, 1.807) is 4.90 Å². The quantitative estimate of drug-likeness (QED) is 0.730. The zero-order chi connectivity index (χ0) is 22.9. The van der Waals surface area contributed by atoms with Crippen LogP contribution in [0.15, 0.2) is 42.5 Å². The number of carbonyl (C=O) groups excluding carboxylic acids is 2. The molecule has 0 radical (unpaired) electrons. The third-order valence-corrected chi connectivity index (χ3v) is 6.28. The summed E-state index contributed by atoms with van der Waals surface area (Å²) in [5.41, 5.74) is 1.11. The summed E-state index contributed by atoms with van der Waals surface area (Å²) in [7, 11) is 0. The zero-order valence-corrected chi connectivity index (χ0v) is 18.0. The second-order valence-corrected chi connectivity index (χ2v) is 8.57. The van der Waals surface area contributed by atoms with Crippen molar-refractivity contribution in [1.82, 2.24) is 9.80 Å². The van der Waals surface area contributed by atoms with Crippen LogP contribution in [0.3, 0.4) is 0 Å². The topological polar surface area (TPSA) is 52.7 Å². The molecule has 1 unspecified atom stereocenters. The minimum atomic E-state index is -4.62. The summed E-state index contributed by atoms with van der Waals surface area (Å²) in [6.45, 7) is 1.73. The molecule has 2 amide bonds. The number of carbonyl (C=O) groups is 2. The van der Waals surface area contributed by atoms with Gasteiger partial charge >= 0.3 is 6.18 Å². The number of likely N-dealkylation sites (tertiary alicyclic amines) is 1. The van der Waals surface area contributed by atoms with E-state index in [0.717, 1.165) is 36.1 Å². The second kappa shape index (κ2) is 9.11. The van der Waals surface area contributed by atoms with Crippen LogP contribution in [0.1, 0.15) is 29.5 Å². The Morgan fingerprint density at radius 2 is 1.75 bits per heavy atom. The number of rotatable bonds is 4. The second-order valence-electron chi connectivity index (χ2n) is 8.17. The van der Waals surface area contributed by atoms with Gasteiger partial charge in [0.05, 0.1) is 23.2 Å². The Kier molecular flexibility index (Phi) is 6.44. The van der Waals surface area contributed by atoms with Gasteiger partial charge in [-0.25, -0.2) is 0 Å². The van der Waals surface area contributed by atoms with E-state index in [-0.39, 0.29) is 18.1 Å². The van der Waals surface area contributed by atoms with Gasteiger partial charge in [-0.2, -0.15) is 13.2 Å². The first-order chi connectivity index (χ1) is 15.2. The van der Waals surface area contributed by atoms with Gasteiger partial charge in [0, 0.05) is 25.3 Å². The number of hydrogen-bond donors (Lipinski definition) is 1. The highest BCUT2D eigenvalue weighted by Crippen LogP contribution is 2.36. The number of alkyl halides is 3. The third kappa shape index (κ3) is 4.91. The van der Waals surface area contributed by atoms with Crippen LogP contribution in [0.5, 0.6) is 0 Å². The third-order valence-electron chi connectivity index (χ3n) is 5.95. The molecular weight excluding hydrogens is 443 g/mol. The van der Waals surface area contributed by atoms with Crippen molar-refractivity contribution >= 4 is 29.1 Å². The fraction of sp³-hybridized carbons (Fsp3) is 0.391. The van der Waals surface area contributed by atoms with Crippen molar-refractivity contribution < 1.29 is 22.8 Å². The molecule has 170 valence electrons. The molecule has 0 bridgehead atoms. The number of benzene rings is 2. The largest absolute Gasteiger partial charge is 0.417 e. The highest BCUT2D eigenvalue weighted by molar-refractivity contribution is 6.31. The van der Waals surface area contributed by atoms with Crippen molar-refractivity contribution in [2.24, 2.45) is 0 Å². The van der Waals surface area contributed by atoms with Gasteiger partial charge in [0.15, 0.2) is 0 Å². The average molecular weight is 466 g/mol. The molecule has 2 aromatic rings. The molecule has 2 aliphatic heterocycles. The van der Waals surface area contributed by atoms with E-state index in [1.165, 1.54) is 6.07 Å². The molecule has 32 heavy (non-hydrogen) atoms. The van der Waals surface area contributed by atoms with Gasteiger partial charge in [-0.05, 0) is 48.6 Å². The van der Waals surface area contributed by atoms with Gasteiger partial charge in [-0.1, -0.05) is 35.9 Å². The summed E-state index contributed by atoms with van der Waals surface area (Å²) in [5, 5.41) is 2.09. The van der Waals surface area contributed by atoms with E-state index in [0.29, 0.717) is 26.1 Å². The van der Waals surface area contributed by atoms with E-state index >= 15 is 0 Å². The maximum atomic E-state index is 13.2. The van der Waals surface area contributed by atoms with Crippen LogP contribution in [0, 0.1) is 0 Å². The molecule has 5 nitrogen and oxygen atoms in total. The van der Waals surface area contributed by atoms with Crippen LogP contribution in [-0.2, 0) is 28.7 Å². The maximum Gasteiger partial charge on any atom is 0.417 e. The lowest BCUT2D eigenvalue weighted by atomic mass is 9.93. The Balaban J connectivity index is 1.51. The molecule has 2 aliphatic rings. The molecule has 0 spiro atoms. The number of halogens is 4. The van der Waals surface area contributed by atoms with Crippen molar-refractivity contribution in [1.29, 1.82) is 0 Å². The number of hydrogen-bond acceptors (Lipinski definition) is 3. The minimum absolute atomic E-state index is 0.00402. The Hall–Kier alpha value is -2.58. The first-order valence-electron chi connectivity index (χ1n) is 10.5. The summed E-state index contributed by atoms with van der Waals surface area (Å²) in [6, 6.07) is 10.6. The highest BCUT2D eigenvalue weighted by Gasteiger charge is 2.36. The van der Waals surface area contributed by atoms with Gasteiger partial charge in [0.1, 0.15) is 0 Å². The summed E-state index contributed by atoms with van der Waals surface area (Å²) >= 11 is 5.65. The van der Waals surface area contributed by atoms with Crippen LogP contribution >= 0.6 is 11.6 Å². The minimum Gasteiger partial charge on any atom is -0.341 e. The molecule has 4 rings (SSSR count). The van der Waals surface area contributed by atoms with E-state index in [9.17, 15) is 22.8 Å². The number of amides is 2. The van der Waals surface area contributed by atoms with Gasteiger partial charge < -0.3 is 10.2 Å². The lowest BCUT2D eigenvalue weighted by Crippen LogP contribution is -2.52. The Morgan fingerprint density at radius 1 is 1.06 bits per heavy atom. The maximum absolute atomic E-state index is 13.2. The summed E-state index contributed by atoms with van der Waals surface area (Å²) in [5.74, 6) is -0.491. The molecule has 2 heterocycles. The molecule has 1 N–H and O–H groups in total. The molecule has 0 saturated carbocycles. The monoisotopic (exact) mass is 465 g/mol. The first-order valence-corrected chi connectivity index (χ1v) is 10.9. The molecule has 9 heteroatoms. The standard InChI is InChI=1S/C23H23ClF3N3O2/c24-19-8-7-17(12-18(19)23(25,26)27)28-21(31)14-30-13-16-6-2-1-5-15(16)11-20(30)22(32)29-9-3-4-10-29/h1-2,5-8,12,20H,3-4,9-11,13-14H2,(H,28,31). The lowest BCUT2D eigenvalue weighted by molar-refractivity contribution is -0.138. The first kappa shape index (κ1) is 22.6. The smallest absolute Gasteiger partial charge is 0.341 e. The Bertz CT molecular complexity index is 1020. The van der Waals surface area contributed by atoms with Gasteiger partial charge in [-0.15, -0.1) is 0 Å². The molecular formula is C23H23ClF3N3O2. The van der Waals surface area contributed by atoms with Crippen molar-refractivity contribution in [3.63, 3.8) is 0 Å². The summed E-state index contributed by atoms with van der Waals surface area (Å²) < 4.78 is 39.4. The number of anilines is 1. The number of fused-ring (bicyclic) bond motifs is 1. The van der Waals surface area contributed by atoms with Crippen LogP contribution < -0.4 is 5.32 Å². The van der Waals surface area contributed by atoms with Crippen molar-refractivity contribution in [3.05, 3.63) is 64.2 Å². The normalized spacial score (nSPS) is 19.0. The van der Waals surface area contributed by atoms with E-state index < -0.39 is 28.7 Å². The van der Waals surface area contributed by atoms with Crippen LogP contribution in [-0.4, -0.2) is 47.3 Å². The van der Waals surface area contributed by atoms with Crippen LogP contribution in [0.25, 0.3) is 0 Å². The molecule has 1 saturated heterocycles. The number of nitrogens with one attached hydrogen (secondary N) is 1. The predicted molar refractivity (Wildman–Crippen MR) is 115 cm³/mol. The van der Waals surface area contributed by atoms with E-state index in [4.69, 9.17) is 11.6 Å². The van der Waals surface area contributed by atoms with Crippen molar-refractivity contribution in [2.45, 2.75) is 38.0 Å². The van der Waals surface area contributed by atoms with E-state index in [2.05, 4.69) is 5.32 Å². The zero-order valence-electron chi connectivity index (χ0n) is 17.3. The van der Waals surface area contributed by atoms with Crippen molar-refractivity contribution in [2.75, 3.05) is 25.0 Å². The highest BCUT2D eigenvalue weighted by atomic mass is 35.5. The molecule has 0 aromatic heterocycles. The fourth-order valence-electron chi connectivity index (χ4n) is 4.34. The van der Waals surface area contributed by atoms with Gasteiger partial charge in [0.25, 0.3) is 0 Å². The number of nitrogens with zero attached hydrogens (tertiary/aromatic N) is 2. The Labute approximate surface area is 189 Å². The summed E-state index contributed by atoms with van der Waals surface area (Å²) in [4.78, 5) is 29.5. The predicted octanol–water partition coefficient (Wildman–Crippen LogP) is 4.35. The fourth-order valence-corrected chi connectivity index (χ4v) is 4.57.